The molecular formula is C16H16Br2O3. The maximum atomic E-state index is 9.76. The number of halogens is 2. The van der Waals surface area contributed by atoms with Crippen molar-refractivity contribution in [1.29, 1.82) is 0 Å². The zero-order valence-electron chi connectivity index (χ0n) is 11.6. The molecule has 0 amide bonds. The molecule has 2 aromatic carbocycles. The highest BCUT2D eigenvalue weighted by Crippen LogP contribution is 2.28. The average Bonchev–Trinajstić information content (AvgIpc) is 2.44. The van der Waals surface area contributed by atoms with E-state index >= 15 is 0 Å². The van der Waals surface area contributed by atoms with E-state index in [4.69, 9.17) is 9.47 Å². The summed E-state index contributed by atoms with van der Waals surface area (Å²) in [6.45, 7) is 2.56. The molecule has 21 heavy (non-hydrogen) atoms. The van der Waals surface area contributed by atoms with E-state index < -0.39 is 6.10 Å². The van der Waals surface area contributed by atoms with Gasteiger partial charge in [0.1, 0.15) is 24.7 Å². The third kappa shape index (κ3) is 5.02. The molecule has 112 valence electrons. The molecule has 2 rings (SSSR count). The van der Waals surface area contributed by atoms with Crippen molar-refractivity contribution >= 4 is 31.9 Å². The molecule has 3 nitrogen and oxygen atoms in total. The predicted octanol–water partition coefficient (Wildman–Crippen LogP) is 4.72. The van der Waals surface area contributed by atoms with E-state index in [0.717, 1.165) is 20.3 Å². The van der Waals surface area contributed by atoms with Gasteiger partial charge < -0.3 is 14.6 Å². The molecule has 0 aromatic heterocycles. The van der Waals surface area contributed by atoms with Crippen LogP contribution in [-0.4, -0.2) is 18.3 Å². The van der Waals surface area contributed by atoms with Crippen molar-refractivity contribution in [3.63, 3.8) is 0 Å². The van der Waals surface area contributed by atoms with Crippen LogP contribution >= 0.6 is 31.9 Å². The molecule has 0 bridgehead atoms. The van der Waals surface area contributed by atoms with Crippen molar-refractivity contribution in [1.82, 2.24) is 0 Å². The zero-order valence-corrected chi connectivity index (χ0v) is 14.7. The largest absolute Gasteiger partial charge is 0.490 e. The number of benzene rings is 2. The van der Waals surface area contributed by atoms with Gasteiger partial charge in [0.25, 0.3) is 0 Å². The number of hydrogen-bond donors (Lipinski definition) is 1. The molecule has 0 radical (unpaired) electrons. The van der Waals surface area contributed by atoms with Gasteiger partial charge in [0.15, 0.2) is 0 Å². The van der Waals surface area contributed by atoms with Crippen LogP contribution in [0, 0.1) is 0 Å². The second-order valence-corrected chi connectivity index (χ2v) is 6.34. The highest BCUT2D eigenvalue weighted by Gasteiger charge is 2.09. The summed E-state index contributed by atoms with van der Waals surface area (Å²) < 4.78 is 13.2. The van der Waals surface area contributed by atoms with Gasteiger partial charge in [-0.15, -0.1) is 0 Å². The molecule has 0 aliphatic carbocycles. The van der Waals surface area contributed by atoms with E-state index in [1.54, 1.807) is 6.92 Å². The van der Waals surface area contributed by atoms with Crippen LogP contribution in [0.15, 0.2) is 51.4 Å². The topological polar surface area (TPSA) is 38.7 Å². The van der Waals surface area contributed by atoms with Crippen LogP contribution in [0.5, 0.6) is 11.5 Å². The van der Waals surface area contributed by atoms with Crippen LogP contribution in [0.25, 0.3) is 0 Å². The second-order valence-electron chi connectivity index (χ2n) is 4.51. The van der Waals surface area contributed by atoms with Gasteiger partial charge in [-0.05, 0) is 43.3 Å². The van der Waals surface area contributed by atoms with E-state index in [-0.39, 0.29) is 0 Å². The van der Waals surface area contributed by atoms with Gasteiger partial charge >= 0.3 is 0 Å². The van der Waals surface area contributed by atoms with E-state index in [2.05, 4.69) is 31.9 Å². The highest BCUT2D eigenvalue weighted by molar-refractivity contribution is 9.10. The number of hydrogen-bond acceptors (Lipinski definition) is 3. The van der Waals surface area contributed by atoms with E-state index in [0.29, 0.717) is 19.0 Å². The normalized spacial score (nSPS) is 12.0. The fraction of sp³-hybridized carbons (Fsp3) is 0.250. The minimum absolute atomic E-state index is 0.411. The van der Waals surface area contributed by atoms with Crippen LogP contribution in [-0.2, 0) is 0 Å². The van der Waals surface area contributed by atoms with E-state index in [1.165, 1.54) is 0 Å². The first-order chi connectivity index (χ1) is 10.1. The van der Waals surface area contributed by atoms with Crippen molar-refractivity contribution in [3.8, 4) is 11.5 Å². The molecule has 0 fully saturated rings. The number of aliphatic hydroxyl groups excluding tert-OH is 1. The number of rotatable bonds is 6. The Morgan fingerprint density at radius 2 is 1.71 bits per heavy atom. The molecule has 1 N–H and O–H groups in total. The lowest BCUT2D eigenvalue weighted by molar-refractivity contribution is 0.182. The van der Waals surface area contributed by atoms with E-state index in [9.17, 15) is 5.11 Å². The van der Waals surface area contributed by atoms with E-state index in [1.807, 2.05) is 42.5 Å². The number of aliphatic hydroxyl groups is 1. The van der Waals surface area contributed by atoms with Gasteiger partial charge in [-0.2, -0.15) is 0 Å². The Kier molecular flexibility index (Phi) is 6.08. The van der Waals surface area contributed by atoms with Crippen molar-refractivity contribution in [2.75, 3.05) is 13.2 Å². The van der Waals surface area contributed by atoms with Gasteiger partial charge in [0.05, 0.1) is 6.10 Å². The van der Waals surface area contributed by atoms with Crippen LogP contribution < -0.4 is 9.47 Å². The average molecular weight is 416 g/mol. The monoisotopic (exact) mass is 414 g/mol. The Bertz CT molecular complexity index is 600. The van der Waals surface area contributed by atoms with Crippen LogP contribution in [0.1, 0.15) is 18.6 Å². The molecule has 2 aromatic rings. The fourth-order valence-corrected chi connectivity index (χ4v) is 2.60. The van der Waals surface area contributed by atoms with Gasteiger partial charge in [0.2, 0.25) is 0 Å². The first kappa shape index (κ1) is 16.3. The lowest BCUT2D eigenvalue weighted by Gasteiger charge is -2.14. The Morgan fingerprint density at radius 3 is 2.43 bits per heavy atom. The molecule has 0 saturated carbocycles. The molecule has 0 spiro atoms. The minimum atomic E-state index is -0.580. The van der Waals surface area contributed by atoms with Gasteiger partial charge in [0, 0.05) is 14.5 Å². The summed E-state index contributed by atoms with van der Waals surface area (Å²) in [5.74, 6) is 1.46. The molecule has 0 aliphatic rings. The fourth-order valence-electron chi connectivity index (χ4n) is 1.85. The summed E-state index contributed by atoms with van der Waals surface area (Å²) in [6, 6.07) is 13.2. The summed E-state index contributed by atoms with van der Waals surface area (Å²) in [6.07, 6.45) is -0.580. The standard InChI is InChI=1S/C16H16Br2O3/c1-11(19)15-10-13(18)5-6-16(15)21-8-7-20-14-4-2-3-12(17)9-14/h2-6,9-11,19H,7-8H2,1H3/t11-/m1/s1. The molecular weight excluding hydrogens is 400 g/mol. The van der Waals surface area contributed by atoms with Gasteiger partial charge in [-0.25, -0.2) is 0 Å². The van der Waals surface area contributed by atoms with Crippen molar-refractivity contribution in [2.45, 2.75) is 13.0 Å². The van der Waals surface area contributed by atoms with Crippen LogP contribution in [0.4, 0.5) is 0 Å². The number of ether oxygens (including phenoxy) is 2. The molecule has 0 aliphatic heterocycles. The molecule has 0 unspecified atom stereocenters. The smallest absolute Gasteiger partial charge is 0.125 e. The Morgan fingerprint density at radius 1 is 1.00 bits per heavy atom. The van der Waals surface area contributed by atoms with Gasteiger partial charge in [-0.1, -0.05) is 37.9 Å². The Hall–Kier alpha value is -1.04. The summed E-state index contributed by atoms with van der Waals surface area (Å²) in [5, 5.41) is 9.76. The maximum absolute atomic E-state index is 9.76. The van der Waals surface area contributed by atoms with Gasteiger partial charge in [-0.3, -0.25) is 0 Å². The van der Waals surface area contributed by atoms with Crippen molar-refractivity contribution < 1.29 is 14.6 Å². The Labute approximate surface area is 141 Å². The molecule has 0 heterocycles. The SMILES string of the molecule is C[C@@H](O)c1cc(Br)ccc1OCCOc1cccc(Br)c1. The molecule has 5 heteroatoms. The van der Waals surface area contributed by atoms with Crippen molar-refractivity contribution in [2.24, 2.45) is 0 Å². The first-order valence-electron chi connectivity index (χ1n) is 6.55. The summed E-state index contributed by atoms with van der Waals surface area (Å²) in [5.41, 5.74) is 0.756. The third-order valence-electron chi connectivity index (χ3n) is 2.83. The summed E-state index contributed by atoms with van der Waals surface area (Å²) >= 11 is 6.78. The Balaban J connectivity index is 1.89. The molecule has 1 atom stereocenters. The lowest BCUT2D eigenvalue weighted by atomic mass is 10.1. The first-order valence-corrected chi connectivity index (χ1v) is 8.13. The third-order valence-corrected chi connectivity index (χ3v) is 3.81. The van der Waals surface area contributed by atoms with Crippen molar-refractivity contribution in [3.05, 3.63) is 57.0 Å². The minimum Gasteiger partial charge on any atom is -0.490 e. The quantitative estimate of drug-likeness (QED) is 0.693. The lowest BCUT2D eigenvalue weighted by Crippen LogP contribution is -2.10. The summed E-state index contributed by atoms with van der Waals surface area (Å²) in [7, 11) is 0. The highest BCUT2D eigenvalue weighted by atomic mass is 79.9. The second kappa shape index (κ2) is 7.82. The van der Waals surface area contributed by atoms with Crippen LogP contribution in [0.2, 0.25) is 0 Å². The zero-order chi connectivity index (χ0) is 15.2. The predicted molar refractivity (Wildman–Crippen MR) is 89.9 cm³/mol. The molecule has 0 saturated heterocycles. The summed E-state index contributed by atoms with van der Waals surface area (Å²) in [4.78, 5) is 0. The maximum Gasteiger partial charge on any atom is 0.125 e. The van der Waals surface area contributed by atoms with Crippen LogP contribution in [0.3, 0.4) is 0 Å².